The summed E-state index contributed by atoms with van der Waals surface area (Å²) >= 11 is 0. The number of hydrogen-bond donors (Lipinski definition) is 1. The number of nitrogens with one attached hydrogen (secondary N) is 1. The van der Waals surface area contributed by atoms with E-state index in [1.54, 1.807) is 29.6 Å². The van der Waals surface area contributed by atoms with E-state index in [1.807, 2.05) is 11.9 Å². The molecule has 2 heterocycles. The highest BCUT2D eigenvalue weighted by molar-refractivity contribution is 6.06. The number of nitrogens with zero attached hydrogens (tertiary/aromatic N) is 2. The summed E-state index contributed by atoms with van der Waals surface area (Å²) in [6.07, 6.45) is 0.626. The molecule has 10 heteroatoms. The molecule has 1 N–H and O–H groups in total. The van der Waals surface area contributed by atoms with Crippen LogP contribution in [-0.2, 0) is 22.5 Å². The molecule has 6 nitrogen and oxygen atoms in total. The molecule has 166 valence electrons. The summed E-state index contributed by atoms with van der Waals surface area (Å²) in [6, 6.07) is 6.99. The Morgan fingerprint density at radius 1 is 1.12 bits per heavy atom. The number of rotatable bonds is 4. The molecule has 0 unspecified atom stereocenters. The number of esters is 1. The highest BCUT2D eigenvalue weighted by Gasteiger charge is 2.26. The normalized spacial score (nSPS) is 13.7. The van der Waals surface area contributed by atoms with Crippen molar-refractivity contribution in [3.05, 3.63) is 70.4 Å². The lowest BCUT2D eigenvalue weighted by atomic mass is 9.96. The van der Waals surface area contributed by atoms with Crippen molar-refractivity contribution in [1.29, 1.82) is 0 Å². The summed E-state index contributed by atoms with van der Waals surface area (Å²) in [4.78, 5) is 31.6. The third kappa shape index (κ3) is 4.01. The van der Waals surface area contributed by atoms with Crippen LogP contribution in [0.15, 0.2) is 30.3 Å². The van der Waals surface area contributed by atoms with Crippen molar-refractivity contribution in [2.45, 2.75) is 13.0 Å². The summed E-state index contributed by atoms with van der Waals surface area (Å²) in [5.41, 5.74) is 0.965. The Kier molecular flexibility index (Phi) is 5.79. The van der Waals surface area contributed by atoms with Gasteiger partial charge < -0.3 is 15.0 Å². The molecule has 1 amide bonds. The van der Waals surface area contributed by atoms with Crippen molar-refractivity contribution in [1.82, 2.24) is 9.88 Å². The van der Waals surface area contributed by atoms with Gasteiger partial charge in [-0.3, -0.25) is 9.78 Å². The number of aromatic nitrogens is 1. The fraction of sp³-hybridized carbons (Fsp3) is 0.227. The van der Waals surface area contributed by atoms with E-state index in [0.29, 0.717) is 29.4 Å². The number of benzene rings is 2. The summed E-state index contributed by atoms with van der Waals surface area (Å²) < 4.78 is 59.2. The highest BCUT2D eigenvalue weighted by Crippen LogP contribution is 2.28. The molecule has 3 aromatic rings. The molecule has 4 rings (SSSR count). The van der Waals surface area contributed by atoms with Gasteiger partial charge in [0.05, 0.1) is 11.1 Å². The van der Waals surface area contributed by atoms with Gasteiger partial charge in [0.15, 0.2) is 29.9 Å². The fourth-order valence-electron chi connectivity index (χ4n) is 3.62. The minimum absolute atomic E-state index is 0.0229. The Morgan fingerprint density at radius 2 is 1.81 bits per heavy atom. The molecule has 0 atom stereocenters. The first-order valence-electron chi connectivity index (χ1n) is 9.65. The minimum Gasteiger partial charge on any atom is -0.452 e. The molecular weight excluding hydrogens is 430 g/mol. The van der Waals surface area contributed by atoms with Gasteiger partial charge in [0.2, 0.25) is 0 Å². The fourth-order valence-corrected chi connectivity index (χ4v) is 3.62. The third-order valence-electron chi connectivity index (χ3n) is 5.15. The molecule has 0 fully saturated rings. The number of anilines is 1. The molecule has 0 radical (unpaired) electrons. The Hall–Kier alpha value is -3.53. The zero-order chi connectivity index (χ0) is 23.0. The van der Waals surface area contributed by atoms with E-state index in [-0.39, 0.29) is 11.6 Å². The SMILES string of the molecule is CN1CCc2nc3ccccc3c(C(=O)OCC(=O)Nc3c(F)c(F)cc(F)c3F)c2C1. The number of carbonyl (C=O) groups is 2. The van der Waals surface area contributed by atoms with Gasteiger partial charge >= 0.3 is 5.97 Å². The van der Waals surface area contributed by atoms with Gasteiger partial charge in [-0.25, -0.2) is 22.4 Å². The van der Waals surface area contributed by atoms with Gasteiger partial charge in [0, 0.05) is 42.2 Å². The van der Waals surface area contributed by atoms with Crippen LogP contribution in [-0.4, -0.2) is 42.0 Å². The molecule has 0 spiro atoms. The monoisotopic (exact) mass is 447 g/mol. The van der Waals surface area contributed by atoms with Gasteiger partial charge in [0.25, 0.3) is 5.91 Å². The zero-order valence-corrected chi connectivity index (χ0v) is 16.8. The number of amides is 1. The second-order valence-electron chi connectivity index (χ2n) is 7.38. The summed E-state index contributed by atoms with van der Waals surface area (Å²) in [6.45, 7) is 0.288. The smallest absolute Gasteiger partial charge is 0.339 e. The number of hydrogen-bond acceptors (Lipinski definition) is 5. The van der Waals surface area contributed by atoms with Crippen LogP contribution in [0.3, 0.4) is 0 Å². The molecule has 32 heavy (non-hydrogen) atoms. The summed E-state index contributed by atoms with van der Waals surface area (Å²) in [7, 11) is 1.89. The Balaban J connectivity index is 1.58. The van der Waals surface area contributed by atoms with Crippen molar-refractivity contribution in [3.63, 3.8) is 0 Å². The molecule has 0 saturated heterocycles. The third-order valence-corrected chi connectivity index (χ3v) is 5.15. The van der Waals surface area contributed by atoms with E-state index in [1.165, 1.54) is 0 Å². The molecular formula is C22H17F4N3O3. The Morgan fingerprint density at radius 3 is 2.53 bits per heavy atom. The van der Waals surface area contributed by atoms with E-state index in [4.69, 9.17) is 4.74 Å². The predicted octanol–water partition coefficient (Wildman–Crippen LogP) is 3.57. The van der Waals surface area contributed by atoms with Crippen molar-refractivity contribution >= 4 is 28.5 Å². The van der Waals surface area contributed by atoms with Gasteiger partial charge in [-0.05, 0) is 13.1 Å². The van der Waals surface area contributed by atoms with E-state index in [0.717, 1.165) is 12.2 Å². The maximum Gasteiger partial charge on any atom is 0.339 e. The predicted molar refractivity (Wildman–Crippen MR) is 107 cm³/mol. The number of fused-ring (bicyclic) bond motifs is 2. The lowest BCUT2D eigenvalue weighted by Crippen LogP contribution is -2.30. The lowest BCUT2D eigenvalue weighted by molar-refractivity contribution is -0.119. The largest absolute Gasteiger partial charge is 0.452 e. The maximum absolute atomic E-state index is 13.8. The van der Waals surface area contributed by atoms with E-state index < -0.39 is 47.4 Å². The van der Waals surface area contributed by atoms with Crippen LogP contribution in [0.5, 0.6) is 0 Å². The zero-order valence-electron chi connectivity index (χ0n) is 16.8. The summed E-state index contributed by atoms with van der Waals surface area (Å²) in [5.74, 6) is -8.85. The van der Waals surface area contributed by atoms with E-state index >= 15 is 0 Å². The number of likely N-dealkylation sites (N-methyl/N-ethyl adjacent to an activating group) is 1. The first kappa shape index (κ1) is 21.7. The van der Waals surface area contributed by atoms with Crippen molar-refractivity contribution in [2.75, 3.05) is 25.5 Å². The molecule has 2 aromatic carbocycles. The minimum atomic E-state index is -1.76. The molecule has 1 aromatic heterocycles. The quantitative estimate of drug-likeness (QED) is 0.376. The average Bonchev–Trinajstić information content (AvgIpc) is 2.77. The maximum atomic E-state index is 13.8. The van der Waals surface area contributed by atoms with Crippen molar-refractivity contribution in [2.24, 2.45) is 0 Å². The molecule has 1 aliphatic heterocycles. The summed E-state index contributed by atoms with van der Waals surface area (Å²) in [5, 5.41) is 2.24. The van der Waals surface area contributed by atoms with Crippen LogP contribution < -0.4 is 5.32 Å². The van der Waals surface area contributed by atoms with Gasteiger partial charge in [-0.2, -0.15) is 0 Å². The van der Waals surface area contributed by atoms with Crippen molar-refractivity contribution in [3.8, 4) is 0 Å². The topological polar surface area (TPSA) is 71.5 Å². The van der Waals surface area contributed by atoms with E-state index in [9.17, 15) is 27.2 Å². The van der Waals surface area contributed by atoms with Crippen LogP contribution in [0.1, 0.15) is 21.6 Å². The number of ether oxygens (including phenoxy) is 1. The molecule has 0 saturated carbocycles. The van der Waals surface area contributed by atoms with Crippen molar-refractivity contribution < 1.29 is 31.9 Å². The Labute approximate surface area is 179 Å². The van der Waals surface area contributed by atoms with E-state index in [2.05, 4.69) is 4.98 Å². The van der Waals surface area contributed by atoms with Crippen LogP contribution in [0.2, 0.25) is 0 Å². The van der Waals surface area contributed by atoms with Gasteiger partial charge in [0.1, 0.15) is 5.69 Å². The second kappa shape index (κ2) is 8.54. The van der Waals surface area contributed by atoms with Crippen LogP contribution in [0.4, 0.5) is 23.2 Å². The molecule has 0 aliphatic carbocycles. The number of carbonyl (C=O) groups excluding carboxylic acids is 2. The highest BCUT2D eigenvalue weighted by atomic mass is 19.2. The van der Waals surface area contributed by atoms with Crippen LogP contribution in [0.25, 0.3) is 10.9 Å². The van der Waals surface area contributed by atoms with Gasteiger partial charge in [-0.15, -0.1) is 0 Å². The molecule has 1 aliphatic rings. The second-order valence-corrected chi connectivity index (χ2v) is 7.38. The number of halogens is 4. The average molecular weight is 447 g/mol. The van der Waals surface area contributed by atoms with Gasteiger partial charge in [-0.1, -0.05) is 18.2 Å². The standard InChI is InChI=1S/C22H17F4N3O3/c1-29-7-6-16-12(9-29)18(11-4-2-3-5-15(11)27-16)22(31)32-10-17(30)28-21-19(25)13(23)8-14(24)20(21)26/h2-5,8H,6-7,9-10H2,1H3,(H,28,30). The number of para-hydroxylation sites is 1. The first-order chi connectivity index (χ1) is 15.3. The van der Waals surface area contributed by atoms with Crippen LogP contribution >= 0.6 is 0 Å². The number of pyridine rings is 1. The first-order valence-corrected chi connectivity index (χ1v) is 9.65. The lowest BCUT2D eigenvalue weighted by Gasteiger charge is -2.26. The Bertz CT molecular complexity index is 1220. The van der Waals surface area contributed by atoms with Crippen LogP contribution in [0, 0.1) is 23.3 Å². The molecule has 0 bridgehead atoms.